The molecule has 2 aromatic rings. The van der Waals surface area contributed by atoms with Gasteiger partial charge in [-0.3, -0.25) is 9.59 Å². The molecule has 6 nitrogen and oxygen atoms in total. The summed E-state index contributed by atoms with van der Waals surface area (Å²) in [5.41, 5.74) is 0.509. The number of amides is 1. The number of nitrogens with one attached hydrogen (secondary N) is 1. The molecule has 2 N–H and O–H groups in total. The molecule has 0 aliphatic carbocycles. The van der Waals surface area contributed by atoms with Crippen molar-refractivity contribution < 1.29 is 9.90 Å². The Labute approximate surface area is 126 Å². The predicted molar refractivity (Wildman–Crippen MR) is 82.8 cm³/mol. The first-order valence-electron chi connectivity index (χ1n) is 6.73. The molecular formula is C14H19N3O3S. The number of rotatable bonds is 4. The molecule has 1 amide bonds. The van der Waals surface area contributed by atoms with E-state index in [2.05, 4.69) is 10.3 Å². The number of hydrogen-bond donors (Lipinski definition) is 2. The summed E-state index contributed by atoms with van der Waals surface area (Å²) >= 11 is 1.22. The normalized spacial score (nSPS) is 14.1. The van der Waals surface area contributed by atoms with Crippen molar-refractivity contribution in [1.29, 1.82) is 0 Å². The van der Waals surface area contributed by atoms with Gasteiger partial charge >= 0.3 is 0 Å². The Morgan fingerprint density at radius 2 is 2.19 bits per heavy atom. The second kappa shape index (κ2) is 5.95. The second-order valence-electron chi connectivity index (χ2n) is 5.32. The van der Waals surface area contributed by atoms with Crippen molar-refractivity contribution in [2.75, 3.05) is 6.61 Å². The molecule has 2 heterocycles. The third-order valence-electron chi connectivity index (χ3n) is 3.72. The van der Waals surface area contributed by atoms with Crippen molar-refractivity contribution in [3.63, 3.8) is 0 Å². The third kappa shape index (κ3) is 2.84. The number of carbonyl (C=O) groups is 1. The summed E-state index contributed by atoms with van der Waals surface area (Å²) in [6, 6.07) is -0.150. The molecule has 2 aromatic heterocycles. The lowest BCUT2D eigenvalue weighted by molar-refractivity contribution is 0.0920. The molecule has 0 aliphatic heterocycles. The Morgan fingerprint density at radius 1 is 1.52 bits per heavy atom. The molecular weight excluding hydrogens is 290 g/mol. The zero-order chi connectivity index (χ0) is 15.7. The van der Waals surface area contributed by atoms with Crippen LogP contribution >= 0.6 is 11.3 Å². The molecule has 7 heteroatoms. The van der Waals surface area contributed by atoms with Crippen LogP contribution in [0.15, 0.2) is 11.1 Å². The van der Waals surface area contributed by atoms with Gasteiger partial charge in [0.25, 0.3) is 11.5 Å². The maximum absolute atomic E-state index is 12.3. The van der Waals surface area contributed by atoms with Crippen molar-refractivity contribution in [3.05, 3.63) is 27.1 Å². The number of fused-ring (bicyclic) bond motifs is 1. The fraction of sp³-hybridized carbons (Fsp3) is 0.500. The molecule has 2 rings (SSSR count). The van der Waals surface area contributed by atoms with Gasteiger partial charge in [0.2, 0.25) is 0 Å². The number of aliphatic hydroxyl groups is 1. The van der Waals surface area contributed by atoms with Gasteiger partial charge in [0.15, 0.2) is 0 Å². The highest BCUT2D eigenvalue weighted by Gasteiger charge is 2.21. The maximum atomic E-state index is 12.3. The smallest absolute Gasteiger partial charge is 0.262 e. The van der Waals surface area contributed by atoms with E-state index in [1.165, 1.54) is 22.2 Å². The summed E-state index contributed by atoms with van der Waals surface area (Å²) < 4.78 is 1.40. The van der Waals surface area contributed by atoms with E-state index >= 15 is 0 Å². The van der Waals surface area contributed by atoms with E-state index in [1.807, 2.05) is 13.8 Å². The molecule has 0 saturated carbocycles. The van der Waals surface area contributed by atoms with E-state index < -0.39 is 0 Å². The van der Waals surface area contributed by atoms with Gasteiger partial charge in [0, 0.05) is 19.7 Å². The van der Waals surface area contributed by atoms with Crippen LogP contribution in [0.1, 0.15) is 29.1 Å². The van der Waals surface area contributed by atoms with Gasteiger partial charge in [-0.25, -0.2) is 4.98 Å². The quantitative estimate of drug-likeness (QED) is 0.884. The number of nitrogens with zero attached hydrogens (tertiary/aromatic N) is 2. The number of aryl methyl sites for hydroxylation is 2. The van der Waals surface area contributed by atoms with Crippen molar-refractivity contribution >= 4 is 27.5 Å². The number of aromatic nitrogens is 2. The number of thiophene rings is 1. The lowest BCUT2D eigenvalue weighted by Gasteiger charge is -2.18. The zero-order valence-electron chi connectivity index (χ0n) is 12.5. The molecule has 21 heavy (non-hydrogen) atoms. The molecule has 0 aliphatic rings. The number of aliphatic hydroxyl groups excluding tert-OH is 1. The Morgan fingerprint density at radius 3 is 2.81 bits per heavy atom. The topological polar surface area (TPSA) is 84.2 Å². The van der Waals surface area contributed by atoms with Crippen LogP contribution in [0.25, 0.3) is 10.2 Å². The van der Waals surface area contributed by atoms with Gasteiger partial charge in [-0.05, 0) is 25.3 Å². The van der Waals surface area contributed by atoms with Crippen LogP contribution in [-0.2, 0) is 7.05 Å². The van der Waals surface area contributed by atoms with Gasteiger partial charge in [0.1, 0.15) is 4.83 Å². The molecule has 0 saturated heterocycles. The lowest BCUT2D eigenvalue weighted by Crippen LogP contribution is -2.38. The van der Waals surface area contributed by atoms with Crippen molar-refractivity contribution in [2.45, 2.75) is 26.8 Å². The van der Waals surface area contributed by atoms with E-state index in [9.17, 15) is 9.59 Å². The fourth-order valence-electron chi connectivity index (χ4n) is 2.00. The molecule has 0 radical (unpaired) electrons. The first-order valence-corrected chi connectivity index (χ1v) is 7.55. The zero-order valence-corrected chi connectivity index (χ0v) is 13.3. The molecule has 114 valence electrons. The minimum atomic E-state index is -0.231. The number of hydrogen-bond acceptors (Lipinski definition) is 5. The van der Waals surface area contributed by atoms with Crippen LogP contribution in [-0.4, -0.2) is 33.2 Å². The minimum absolute atomic E-state index is 0.00887. The van der Waals surface area contributed by atoms with Crippen molar-refractivity contribution in [3.8, 4) is 0 Å². The first-order chi connectivity index (χ1) is 9.86. The van der Waals surface area contributed by atoms with E-state index in [4.69, 9.17) is 5.11 Å². The SMILES string of the molecule is Cc1c(C(=O)NC(C)C(C)CO)sc2ncn(C)c(=O)c12. The van der Waals surface area contributed by atoms with Gasteiger partial charge in [-0.15, -0.1) is 11.3 Å². The summed E-state index contributed by atoms with van der Waals surface area (Å²) in [4.78, 5) is 29.7. The average molecular weight is 309 g/mol. The Balaban J connectivity index is 2.39. The van der Waals surface area contributed by atoms with Crippen LogP contribution in [0.4, 0.5) is 0 Å². The van der Waals surface area contributed by atoms with E-state index in [0.29, 0.717) is 20.7 Å². The Bertz CT molecular complexity index is 735. The molecule has 2 unspecified atom stereocenters. The van der Waals surface area contributed by atoms with Crippen LogP contribution in [0.5, 0.6) is 0 Å². The second-order valence-corrected chi connectivity index (χ2v) is 6.32. The van der Waals surface area contributed by atoms with Crippen molar-refractivity contribution in [2.24, 2.45) is 13.0 Å². The van der Waals surface area contributed by atoms with Gasteiger partial charge in [0.05, 0.1) is 16.6 Å². The maximum Gasteiger partial charge on any atom is 0.262 e. The van der Waals surface area contributed by atoms with E-state index in [-0.39, 0.29) is 30.0 Å². The fourth-order valence-corrected chi connectivity index (χ4v) is 3.04. The van der Waals surface area contributed by atoms with Crippen LogP contribution < -0.4 is 10.9 Å². The van der Waals surface area contributed by atoms with Gasteiger partial charge in [-0.1, -0.05) is 6.92 Å². The monoisotopic (exact) mass is 309 g/mol. The highest BCUT2D eigenvalue weighted by Crippen LogP contribution is 2.26. The molecule has 0 fully saturated rings. The lowest BCUT2D eigenvalue weighted by atomic mass is 10.1. The Hall–Kier alpha value is -1.73. The standard InChI is InChI=1S/C14H19N3O3S/c1-7(5-18)9(3)16-12(19)11-8(2)10-13(21-11)15-6-17(4)14(10)20/h6-7,9,18H,5H2,1-4H3,(H,16,19). The number of carbonyl (C=O) groups excluding carboxylic acids is 1. The molecule has 2 atom stereocenters. The van der Waals surface area contributed by atoms with E-state index in [0.717, 1.165) is 0 Å². The predicted octanol–water partition coefficient (Wildman–Crippen LogP) is 1.05. The van der Waals surface area contributed by atoms with Gasteiger partial charge in [-0.2, -0.15) is 0 Å². The highest BCUT2D eigenvalue weighted by molar-refractivity contribution is 7.20. The summed E-state index contributed by atoms with van der Waals surface area (Å²) in [5, 5.41) is 12.5. The van der Waals surface area contributed by atoms with Gasteiger partial charge < -0.3 is 15.0 Å². The van der Waals surface area contributed by atoms with Crippen LogP contribution in [0, 0.1) is 12.8 Å². The molecule has 0 spiro atoms. The third-order valence-corrected chi connectivity index (χ3v) is 4.92. The minimum Gasteiger partial charge on any atom is -0.396 e. The van der Waals surface area contributed by atoms with Crippen LogP contribution in [0.2, 0.25) is 0 Å². The average Bonchev–Trinajstić information content (AvgIpc) is 2.79. The largest absolute Gasteiger partial charge is 0.396 e. The summed E-state index contributed by atoms with van der Waals surface area (Å²) in [7, 11) is 1.64. The Kier molecular flexibility index (Phi) is 4.43. The molecule has 0 bridgehead atoms. The first kappa shape index (κ1) is 15.7. The highest BCUT2D eigenvalue weighted by atomic mass is 32.1. The molecule has 0 aromatic carbocycles. The van der Waals surface area contributed by atoms with Crippen LogP contribution in [0.3, 0.4) is 0 Å². The van der Waals surface area contributed by atoms with Crippen molar-refractivity contribution in [1.82, 2.24) is 14.9 Å². The summed E-state index contributed by atoms with van der Waals surface area (Å²) in [5.74, 6) is -0.264. The summed E-state index contributed by atoms with van der Waals surface area (Å²) in [6.45, 7) is 5.48. The summed E-state index contributed by atoms with van der Waals surface area (Å²) in [6.07, 6.45) is 1.46. The van der Waals surface area contributed by atoms with E-state index in [1.54, 1.807) is 14.0 Å².